The van der Waals surface area contributed by atoms with Gasteiger partial charge in [-0.05, 0) is 39.0 Å². The van der Waals surface area contributed by atoms with Gasteiger partial charge in [-0.15, -0.1) is 0 Å². The van der Waals surface area contributed by atoms with E-state index >= 15 is 0 Å². The summed E-state index contributed by atoms with van der Waals surface area (Å²) in [4.78, 5) is 11.3. The highest BCUT2D eigenvalue weighted by Gasteiger charge is 2.73. The van der Waals surface area contributed by atoms with E-state index < -0.39 is 11.7 Å². The molecule has 0 aromatic heterocycles. The summed E-state index contributed by atoms with van der Waals surface area (Å²) in [6.07, 6.45) is 4.24. The second kappa shape index (κ2) is 2.36. The average Bonchev–Trinajstić information content (AvgIpc) is 2.73. The Hall–Kier alpha value is -1.06. The van der Waals surface area contributed by atoms with Gasteiger partial charge in [-0.2, -0.15) is 4.74 Å². The fraction of sp³-hybridized carbons (Fsp3) is 0.818. The van der Waals surface area contributed by atoms with Crippen LogP contribution in [0.25, 0.3) is 0 Å². The Kier molecular flexibility index (Phi) is 1.45. The van der Waals surface area contributed by atoms with Crippen molar-refractivity contribution in [1.29, 1.82) is 0 Å². The number of carbonyl (C=O) groups is 1. The first-order chi connectivity index (χ1) is 6.98. The Labute approximate surface area is 88.5 Å². The van der Waals surface area contributed by atoms with Gasteiger partial charge >= 0.3 is 11.7 Å². The minimum Gasteiger partial charge on any atom is -0.621 e. The lowest BCUT2D eigenvalue weighted by atomic mass is 9.70. The van der Waals surface area contributed by atoms with Crippen LogP contribution in [0.15, 0.2) is 0 Å². The number of esters is 1. The van der Waals surface area contributed by atoms with Crippen molar-refractivity contribution in [1.82, 2.24) is 0 Å². The maximum absolute atomic E-state index is 11.9. The van der Waals surface area contributed by atoms with Gasteiger partial charge in [0.1, 0.15) is 0 Å². The number of ether oxygens (including phenoxy) is 1. The lowest BCUT2D eigenvalue weighted by molar-refractivity contribution is -0.620. The van der Waals surface area contributed by atoms with Crippen LogP contribution in [0.3, 0.4) is 0 Å². The van der Waals surface area contributed by atoms with Gasteiger partial charge in [-0.1, -0.05) is 0 Å². The third-order valence-electron chi connectivity index (χ3n) is 4.74. The minimum absolute atomic E-state index is 0.220. The summed E-state index contributed by atoms with van der Waals surface area (Å²) < 4.78 is 6.17. The molecule has 1 heterocycles. The number of hydroxylamine groups is 1. The van der Waals surface area contributed by atoms with Gasteiger partial charge in [-0.3, -0.25) is 0 Å². The van der Waals surface area contributed by atoms with Gasteiger partial charge in [0.05, 0.1) is 11.3 Å². The van der Waals surface area contributed by atoms with Crippen LogP contribution in [0.1, 0.15) is 33.1 Å². The molecule has 3 atom stereocenters. The highest BCUT2D eigenvalue weighted by Crippen LogP contribution is 2.63. The molecular formula is C11H15NO3. The molecule has 3 rings (SSSR count). The standard InChI is InChI=1S/C11H15NO3/c1-10(2)7-3-4-8(5-7)11(10)12(14)6-9(13)15-11/h6-8H,3-5H2,1-2H3/t7-,8-,11-/m0/s1. The van der Waals surface area contributed by atoms with Crippen molar-refractivity contribution in [2.45, 2.75) is 38.8 Å². The molecule has 15 heavy (non-hydrogen) atoms. The summed E-state index contributed by atoms with van der Waals surface area (Å²) in [5, 5.41) is 11.9. The van der Waals surface area contributed by atoms with E-state index in [-0.39, 0.29) is 11.3 Å². The molecule has 4 heteroatoms. The Morgan fingerprint density at radius 3 is 2.60 bits per heavy atom. The lowest BCUT2D eigenvalue weighted by Gasteiger charge is -2.42. The highest BCUT2D eigenvalue weighted by atomic mass is 16.6. The number of nitrogens with zero attached hydrogens (tertiary/aromatic N) is 1. The zero-order valence-corrected chi connectivity index (χ0v) is 9.03. The average molecular weight is 209 g/mol. The van der Waals surface area contributed by atoms with Crippen molar-refractivity contribution in [2.24, 2.45) is 17.3 Å². The van der Waals surface area contributed by atoms with Crippen LogP contribution in [0.5, 0.6) is 0 Å². The van der Waals surface area contributed by atoms with Gasteiger partial charge in [0.15, 0.2) is 0 Å². The predicted molar refractivity (Wildman–Crippen MR) is 53.1 cm³/mol. The molecular weight excluding hydrogens is 194 g/mol. The molecule has 4 nitrogen and oxygen atoms in total. The van der Waals surface area contributed by atoms with E-state index in [0.717, 1.165) is 30.2 Å². The zero-order chi connectivity index (χ0) is 10.8. The summed E-state index contributed by atoms with van der Waals surface area (Å²) in [6, 6.07) is 0. The Bertz CT molecular complexity index is 374. The molecule has 2 bridgehead atoms. The second-order valence-corrected chi connectivity index (χ2v) is 5.50. The van der Waals surface area contributed by atoms with Crippen LogP contribution in [0.4, 0.5) is 0 Å². The molecule has 3 aliphatic rings. The third kappa shape index (κ3) is 0.802. The van der Waals surface area contributed by atoms with Crippen LogP contribution in [0, 0.1) is 22.5 Å². The molecule has 0 N–H and O–H groups in total. The lowest BCUT2D eigenvalue weighted by Crippen LogP contribution is -2.55. The van der Waals surface area contributed by atoms with Crippen LogP contribution in [-0.4, -0.2) is 22.6 Å². The van der Waals surface area contributed by atoms with Gasteiger partial charge in [-0.25, -0.2) is 4.79 Å². The first kappa shape index (κ1) is 9.19. The number of rotatable bonds is 0. The van der Waals surface area contributed by atoms with Crippen LogP contribution in [-0.2, 0) is 9.53 Å². The molecule has 0 unspecified atom stereocenters. The number of hydrogen-bond acceptors (Lipinski definition) is 3. The maximum atomic E-state index is 11.9. The van der Waals surface area contributed by atoms with Crippen molar-refractivity contribution in [3.05, 3.63) is 5.21 Å². The maximum Gasteiger partial charge on any atom is 0.401 e. The van der Waals surface area contributed by atoms with Crippen molar-refractivity contribution in [2.75, 3.05) is 0 Å². The topological polar surface area (TPSA) is 52.4 Å². The third-order valence-corrected chi connectivity index (χ3v) is 4.74. The number of hydrogen-bond donors (Lipinski definition) is 0. The van der Waals surface area contributed by atoms with E-state index in [4.69, 9.17) is 4.74 Å². The smallest absolute Gasteiger partial charge is 0.401 e. The molecule has 0 amide bonds. The largest absolute Gasteiger partial charge is 0.621 e. The van der Waals surface area contributed by atoms with E-state index in [9.17, 15) is 10.0 Å². The van der Waals surface area contributed by atoms with E-state index in [1.807, 2.05) is 13.8 Å². The van der Waals surface area contributed by atoms with E-state index in [1.165, 1.54) is 0 Å². The molecule has 1 aliphatic heterocycles. The van der Waals surface area contributed by atoms with Crippen molar-refractivity contribution in [3.8, 4) is 0 Å². The number of fused-ring (bicyclic) bond motifs is 3. The van der Waals surface area contributed by atoms with Gasteiger partial charge in [0.25, 0.3) is 6.21 Å². The van der Waals surface area contributed by atoms with Gasteiger partial charge < -0.3 is 9.94 Å². The normalized spacial score (nSPS) is 46.0. The summed E-state index contributed by atoms with van der Waals surface area (Å²) in [5.74, 6) is 0.251. The zero-order valence-electron chi connectivity index (χ0n) is 9.03. The first-order valence-corrected chi connectivity index (χ1v) is 5.53. The highest BCUT2D eigenvalue weighted by molar-refractivity contribution is 6.22. The second-order valence-electron chi connectivity index (χ2n) is 5.50. The Morgan fingerprint density at radius 2 is 2.13 bits per heavy atom. The minimum atomic E-state index is -0.896. The summed E-state index contributed by atoms with van der Waals surface area (Å²) >= 11 is 0. The molecule has 2 saturated carbocycles. The van der Waals surface area contributed by atoms with Crippen LogP contribution >= 0.6 is 0 Å². The van der Waals surface area contributed by atoms with Gasteiger partial charge in [0, 0.05) is 0 Å². The molecule has 82 valence electrons. The van der Waals surface area contributed by atoms with Crippen molar-refractivity contribution in [3.63, 3.8) is 0 Å². The molecule has 0 aromatic rings. The molecule has 2 fully saturated rings. The summed E-state index contributed by atoms with van der Waals surface area (Å²) in [6.45, 7) is 4.10. The number of carbonyl (C=O) groups excluding carboxylic acids is 1. The molecule has 0 aromatic carbocycles. The van der Waals surface area contributed by atoms with Gasteiger partial charge in [0.2, 0.25) is 0 Å². The van der Waals surface area contributed by atoms with E-state index in [2.05, 4.69) is 0 Å². The van der Waals surface area contributed by atoms with Crippen molar-refractivity contribution >= 4 is 12.2 Å². The first-order valence-electron chi connectivity index (χ1n) is 5.53. The van der Waals surface area contributed by atoms with Crippen LogP contribution < -0.4 is 0 Å². The Morgan fingerprint density at radius 1 is 1.47 bits per heavy atom. The summed E-state index contributed by atoms with van der Waals surface area (Å²) in [5.41, 5.74) is -1.12. The molecule has 2 aliphatic carbocycles. The van der Waals surface area contributed by atoms with Crippen LogP contribution in [0.2, 0.25) is 0 Å². The summed E-state index contributed by atoms with van der Waals surface area (Å²) in [7, 11) is 0. The van der Waals surface area contributed by atoms with E-state index in [0.29, 0.717) is 5.92 Å². The monoisotopic (exact) mass is 209 g/mol. The molecule has 0 radical (unpaired) electrons. The quantitative estimate of drug-likeness (QED) is 0.343. The molecule has 0 saturated heterocycles. The van der Waals surface area contributed by atoms with E-state index in [1.54, 1.807) is 0 Å². The molecule has 1 spiro atoms. The fourth-order valence-corrected chi connectivity index (χ4v) is 3.91. The SMILES string of the molecule is CC1(C)[C@H]2CC[C@@H](C2)[C@]12OC(=O)C=[N+]2[O-]. The Balaban J connectivity index is 2.13. The van der Waals surface area contributed by atoms with Crippen molar-refractivity contribution < 1.29 is 14.3 Å². The fourth-order valence-electron chi connectivity index (χ4n) is 3.91. The predicted octanol–water partition coefficient (Wildman–Crippen LogP) is 1.28.